The fourth-order valence-electron chi connectivity index (χ4n) is 2.78. The molecule has 2 aromatic carbocycles. The topological polar surface area (TPSA) is 73.6 Å². The molecule has 0 aliphatic heterocycles. The number of thioether (sulfide) groups is 1. The van der Waals surface area contributed by atoms with Gasteiger partial charge in [-0.25, -0.2) is 4.98 Å². The number of methoxy groups -OCH3 is 1. The van der Waals surface area contributed by atoms with Crippen LogP contribution in [-0.2, 0) is 17.1 Å². The predicted octanol–water partition coefficient (Wildman–Crippen LogP) is 4.61. The summed E-state index contributed by atoms with van der Waals surface area (Å²) >= 11 is 1.51. The Hall–Kier alpha value is -2.93. The Bertz CT molecular complexity index is 952. The molecule has 1 N–H and O–H groups in total. The van der Waals surface area contributed by atoms with Gasteiger partial charge in [0, 0.05) is 17.9 Å². The van der Waals surface area contributed by atoms with Crippen molar-refractivity contribution in [2.24, 2.45) is 0 Å². The van der Waals surface area contributed by atoms with Crippen LogP contribution in [0.15, 0.2) is 52.9 Å². The summed E-state index contributed by atoms with van der Waals surface area (Å²) in [6.45, 7) is 4.97. The molecule has 0 unspecified atom stereocenters. The number of carbonyl (C=O) groups excluding carboxylic acids is 1. The van der Waals surface area contributed by atoms with E-state index in [2.05, 4.69) is 10.3 Å². The summed E-state index contributed by atoms with van der Waals surface area (Å²) in [6.07, 6.45) is 0. The third-order valence-electron chi connectivity index (χ3n) is 4.43. The highest BCUT2D eigenvalue weighted by atomic mass is 32.2. The molecule has 0 bridgehead atoms. The van der Waals surface area contributed by atoms with Crippen LogP contribution in [0, 0.1) is 6.92 Å². The third kappa shape index (κ3) is 6.03. The Morgan fingerprint density at radius 2 is 1.80 bits per heavy atom. The largest absolute Gasteiger partial charge is 0.497 e. The lowest BCUT2D eigenvalue weighted by Gasteiger charge is -2.06. The van der Waals surface area contributed by atoms with Gasteiger partial charge in [-0.15, -0.1) is 11.8 Å². The van der Waals surface area contributed by atoms with Crippen LogP contribution in [0.25, 0.3) is 11.5 Å². The van der Waals surface area contributed by atoms with E-state index >= 15 is 0 Å². The van der Waals surface area contributed by atoms with Crippen LogP contribution in [0.1, 0.15) is 23.9 Å². The SMILES string of the molecule is CCOc1ccc(-c2nc(CSCC(=O)NCc3ccc(OC)cc3)c(C)o2)cc1. The Labute approximate surface area is 181 Å². The quantitative estimate of drug-likeness (QED) is 0.510. The Balaban J connectivity index is 1.46. The molecule has 0 atom stereocenters. The van der Waals surface area contributed by atoms with Crippen molar-refractivity contribution >= 4 is 17.7 Å². The molecule has 3 rings (SSSR count). The first-order valence-corrected chi connectivity index (χ1v) is 10.9. The summed E-state index contributed by atoms with van der Waals surface area (Å²) in [5.74, 6) is 3.93. The van der Waals surface area contributed by atoms with Crippen LogP contribution in [-0.4, -0.2) is 30.4 Å². The molecule has 0 saturated heterocycles. The Kier molecular flexibility index (Phi) is 7.79. The van der Waals surface area contributed by atoms with Crippen molar-refractivity contribution in [1.29, 1.82) is 0 Å². The van der Waals surface area contributed by atoms with Gasteiger partial charge in [0.2, 0.25) is 11.8 Å². The zero-order valence-corrected chi connectivity index (χ0v) is 18.3. The first-order chi connectivity index (χ1) is 14.6. The van der Waals surface area contributed by atoms with E-state index in [4.69, 9.17) is 13.9 Å². The Morgan fingerprint density at radius 3 is 2.47 bits per heavy atom. The van der Waals surface area contributed by atoms with Crippen molar-refractivity contribution in [3.63, 3.8) is 0 Å². The van der Waals surface area contributed by atoms with Gasteiger partial charge in [0.25, 0.3) is 0 Å². The van der Waals surface area contributed by atoms with Crippen LogP contribution in [0.2, 0.25) is 0 Å². The molecule has 0 aliphatic rings. The van der Waals surface area contributed by atoms with Crippen LogP contribution in [0.4, 0.5) is 0 Å². The maximum absolute atomic E-state index is 12.1. The van der Waals surface area contributed by atoms with E-state index in [9.17, 15) is 4.79 Å². The van der Waals surface area contributed by atoms with Gasteiger partial charge in [-0.3, -0.25) is 4.79 Å². The molecule has 6 nitrogen and oxygen atoms in total. The molecule has 0 spiro atoms. The van der Waals surface area contributed by atoms with Crippen LogP contribution < -0.4 is 14.8 Å². The van der Waals surface area contributed by atoms with Gasteiger partial charge in [-0.05, 0) is 55.8 Å². The fourth-order valence-corrected chi connectivity index (χ4v) is 3.63. The van der Waals surface area contributed by atoms with Crippen molar-refractivity contribution in [1.82, 2.24) is 10.3 Å². The molecular formula is C23H26N2O4S. The molecule has 0 aliphatic carbocycles. The van der Waals surface area contributed by atoms with Gasteiger partial charge in [-0.2, -0.15) is 0 Å². The van der Waals surface area contributed by atoms with E-state index in [1.165, 1.54) is 11.8 Å². The minimum atomic E-state index is -0.0105. The van der Waals surface area contributed by atoms with Gasteiger partial charge >= 0.3 is 0 Å². The average Bonchev–Trinajstić information content (AvgIpc) is 3.14. The highest BCUT2D eigenvalue weighted by Gasteiger charge is 2.12. The van der Waals surface area contributed by atoms with E-state index in [1.807, 2.05) is 62.4 Å². The summed E-state index contributed by atoms with van der Waals surface area (Å²) in [4.78, 5) is 16.7. The highest BCUT2D eigenvalue weighted by molar-refractivity contribution is 7.99. The highest BCUT2D eigenvalue weighted by Crippen LogP contribution is 2.26. The number of aryl methyl sites for hydroxylation is 1. The molecule has 30 heavy (non-hydrogen) atoms. The molecule has 0 fully saturated rings. The van der Waals surface area contributed by atoms with Gasteiger partial charge < -0.3 is 19.2 Å². The third-order valence-corrected chi connectivity index (χ3v) is 5.37. The normalized spacial score (nSPS) is 10.6. The lowest BCUT2D eigenvalue weighted by Crippen LogP contribution is -2.24. The average molecular weight is 427 g/mol. The molecule has 7 heteroatoms. The number of ether oxygens (including phenoxy) is 2. The maximum Gasteiger partial charge on any atom is 0.230 e. The molecular weight excluding hydrogens is 400 g/mol. The number of amides is 1. The summed E-state index contributed by atoms with van der Waals surface area (Å²) < 4.78 is 16.4. The molecule has 0 saturated carbocycles. The van der Waals surface area contributed by atoms with E-state index in [-0.39, 0.29) is 5.91 Å². The van der Waals surface area contributed by atoms with Crippen LogP contribution in [0.3, 0.4) is 0 Å². The van der Waals surface area contributed by atoms with Crippen molar-refractivity contribution < 1.29 is 18.7 Å². The van der Waals surface area contributed by atoms with Gasteiger partial charge in [0.1, 0.15) is 17.3 Å². The molecule has 158 valence electrons. The number of oxazole rings is 1. The summed E-state index contributed by atoms with van der Waals surface area (Å²) in [6, 6.07) is 15.3. The van der Waals surface area contributed by atoms with E-state index in [1.54, 1.807) is 7.11 Å². The second kappa shape index (κ2) is 10.7. The molecule has 1 aromatic heterocycles. The monoisotopic (exact) mass is 426 g/mol. The summed E-state index contributed by atoms with van der Waals surface area (Å²) in [7, 11) is 1.63. The number of carbonyl (C=O) groups is 1. The van der Waals surface area contributed by atoms with Crippen molar-refractivity contribution in [3.8, 4) is 23.0 Å². The standard InChI is InChI=1S/C23H26N2O4S/c1-4-28-20-11-7-18(8-12-20)23-25-21(16(2)29-23)14-30-15-22(26)24-13-17-5-9-19(27-3)10-6-17/h5-12H,4,13-15H2,1-3H3,(H,24,26). The minimum Gasteiger partial charge on any atom is -0.497 e. The first-order valence-electron chi connectivity index (χ1n) is 9.76. The van der Waals surface area contributed by atoms with E-state index < -0.39 is 0 Å². The van der Waals surface area contributed by atoms with Crippen molar-refractivity contribution in [2.75, 3.05) is 19.5 Å². The molecule has 3 aromatic rings. The summed E-state index contributed by atoms with van der Waals surface area (Å²) in [5, 5.41) is 2.93. The lowest BCUT2D eigenvalue weighted by molar-refractivity contribution is -0.118. The Morgan fingerprint density at radius 1 is 1.10 bits per heavy atom. The number of aromatic nitrogens is 1. The fraction of sp³-hybridized carbons (Fsp3) is 0.304. The minimum absolute atomic E-state index is 0.0105. The molecule has 0 radical (unpaired) electrons. The van der Waals surface area contributed by atoms with Crippen molar-refractivity contribution in [3.05, 3.63) is 65.5 Å². The number of hydrogen-bond donors (Lipinski definition) is 1. The zero-order chi connectivity index (χ0) is 21.3. The van der Waals surface area contributed by atoms with E-state index in [0.717, 1.165) is 34.1 Å². The maximum atomic E-state index is 12.1. The second-order valence-corrected chi connectivity index (χ2v) is 7.58. The zero-order valence-electron chi connectivity index (χ0n) is 17.4. The molecule has 1 amide bonds. The first kappa shape index (κ1) is 21.8. The number of rotatable bonds is 10. The van der Waals surface area contributed by atoms with Crippen molar-refractivity contribution in [2.45, 2.75) is 26.1 Å². The number of hydrogen-bond acceptors (Lipinski definition) is 6. The lowest BCUT2D eigenvalue weighted by atomic mass is 10.2. The second-order valence-electron chi connectivity index (χ2n) is 6.60. The van der Waals surface area contributed by atoms with Crippen LogP contribution in [0.5, 0.6) is 11.5 Å². The predicted molar refractivity (Wildman–Crippen MR) is 119 cm³/mol. The number of nitrogens with zero attached hydrogens (tertiary/aromatic N) is 1. The molecule has 1 heterocycles. The van der Waals surface area contributed by atoms with Gasteiger partial charge in [0.15, 0.2) is 0 Å². The van der Waals surface area contributed by atoms with Gasteiger partial charge in [-0.1, -0.05) is 12.1 Å². The van der Waals surface area contributed by atoms with Crippen LogP contribution >= 0.6 is 11.8 Å². The number of benzene rings is 2. The van der Waals surface area contributed by atoms with E-state index in [0.29, 0.717) is 30.5 Å². The summed E-state index contributed by atoms with van der Waals surface area (Å²) in [5.41, 5.74) is 2.78. The smallest absolute Gasteiger partial charge is 0.230 e. The van der Waals surface area contributed by atoms with Gasteiger partial charge in [0.05, 0.1) is 25.2 Å². The number of nitrogens with one attached hydrogen (secondary N) is 1.